The summed E-state index contributed by atoms with van der Waals surface area (Å²) >= 11 is 0. The molecule has 0 unspecified atom stereocenters. The highest BCUT2D eigenvalue weighted by molar-refractivity contribution is 5.55. The summed E-state index contributed by atoms with van der Waals surface area (Å²) in [4.78, 5) is 4.61. The van der Waals surface area contributed by atoms with Crippen LogP contribution in [0.1, 0.15) is 42.5 Å². The van der Waals surface area contributed by atoms with Crippen LogP contribution in [0.2, 0.25) is 0 Å². The molecule has 3 rings (SSSR count). The Morgan fingerprint density at radius 1 is 1.31 bits per heavy atom. The molecule has 0 spiro atoms. The largest absolute Gasteiger partial charge is 0.366 e. The van der Waals surface area contributed by atoms with Gasteiger partial charge >= 0.3 is 0 Å². The minimum atomic E-state index is 0.541. The van der Waals surface area contributed by atoms with Gasteiger partial charge in [-0.1, -0.05) is 0 Å². The molecule has 1 heterocycles. The molecular weight excluding hydrogens is 198 g/mol. The average Bonchev–Trinajstić information content (AvgIpc) is 2.68. The summed E-state index contributed by atoms with van der Waals surface area (Å²) in [5, 5.41) is 12.5. The van der Waals surface area contributed by atoms with Gasteiger partial charge in [-0.05, 0) is 50.2 Å². The topological polar surface area (TPSA) is 48.7 Å². The zero-order chi connectivity index (χ0) is 11.0. The molecule has 82 valence electrons. The fraction of sp³-hybridized carbons (Fsp3) is 0.538. The third-order valence-electron chi connectivity index (χ3n) is 3.62. The highest BCUT2D eigenvalue weighted by Gasteiger charge is 2.21. The number of hydrogen-bond donors (Lipinski definition) is 1. The lowest BCUT2D eigenvalue weighted by molar-refractivity contribution is 0.444. The highest BCUT2D eigenvalue weighted by Crippen LogP contribution is 2.28. The summed E-state index contributed by atoms with van der Waals surface area (Å²) in [6.07, 6.45) is 7.05. The Balaban J connectivity index is 1.93. The van der Waals surface area contributed by atoms with Crippen molar-refractivity contribution in [3.63, 3.8) is 0 Å². The first kappa shape index (κ1) is 9.65. The fourth-order valence-electron chi connectivity index (χ4n) is 2.41. The van der Waals surface area contributed by atoms with Crippen LogP contribution in [0, 0.1) is 11.3 Å². The molecule has 0 radical (unpaired) electrons. The monoisotopic (exact) mass is 213 g/mol. The number of fused-ring (bicyclic) bond motifs is 1. The predicted octanol–water partition coefficient (Wildman–Crippen LogP) is 2.41. The minimum absolute atomic E-state index is 0.541. The van der Waals surface area contributed by atoms with E-state index >= 15 is 0 Å². The first-order valence-electron chi connectivity index (χ1n) is 6.06. The molecule has 16 heavy (non-hydrogen) atoms. The third kappa shape index (κ3) is 1.55. The van der Waals surface area contributed by atoms with Gasteiger partial charge in [-0.2, -0.15) is 5.26 Å². The number of aryl methyl sites for hydroxylation is 2. The van der Waals surface area contributed by atoms with Crippen molar-refractivity contribution >= 4 is 5.82 Å². The van der Waals surface area contributed by atoms with Crippen molar-refractivity contribution < 1.29 is 0 Å². The van der Waals surface area contributed by atoms with Crippen molar-refractivity contribution in [2.45, 2.75) is 44.6 Å². The van der Waals surface area contributed by atoms with Crippen molar-refractivity contribution in [2.24, 2.45) is 0 Å². The zero-order valence-corrected chi connectivity index (χ0v) is 9.29. The minimum Gasteiger partial charge on any atom is -0.366 e. The van der Waals surface area contributed by atoms with E-state index in [4.69, 9.17) is 5.26 Å². The van der Waals surface area contributed by atoms with E-state index in [9.17, 15) is 0 Å². The summed E-state index contributed by atoms with van der Waals surface area (Å²) < 4.78 is 0. The first-order valence-corrected chi connectivity index (χ1v) is 6.06. The second-order valence-electron chi connectivity index (χ2n) is 4.73. The van der Waals surface area contributed by atoms with Crippen LogP contribution in [0.3, 0.4) is 0 Å². The maximum absolute atomic E-state index is 9.12. The summed E-state index contributed by atoms with van der Waals surface area (Å²) in [5.41, 5.74) is 3.18. The summed E-state index contributed by atoms with van der Waals surface area (Å²) in [5.74, 6) is 0.813. The lowest BCUT2D eigenvalue weighted by Crippen LogP contribution is -2.28. The molecule has 2 aliphatic carbocycles. The maximum atomic E-state index is 9.12. The molecule has 0 bridgehead atoms. The first-order chi connectivity index (χ1) is 7.86. The molecule has 0 amide bonds. The number of anilines is 1. The molecule has 1 aromatic rings. The summed E-state index contributed by atoms with van der Waals surface area (Å²) in [6, 6.07) is 4.82. The summed E-state index contributed by atoms with van der Waals surface area (Å²) in [6.45, 7) is 0. The van der Waals surface area contributed by atoms with E-state index in [0.717, 1.165) is 18.7 Å². The van der Waals surface area contributed by atoms with E-state index in [0.29, 0.717) is 11.6 Å². The van der Waals surface area contributed by atoms with E-state index in [1.165, 1.54) is 36.9 Å². The number of hydrogen-bond acceptors (Lipinski definition) is 3. The second-order valence-corrected chi connectivity index (χ2v) is 4.73. The van der Waals surface area contributed by atoms with Gasteiger partial charge in [-0.25, -0.2) is 4.98 Å². The van der Waals surface area contributed by atoms with Gasteiger partial charge in [-0.15, -0.1) is 0 Å². The molecule has 0 atom stereocenters. The van der Waals surface area contributed by atoms with Crippen LogP contribution >= 0.6 is 0 Å². The smallest absolute Gasteiger partial charge is 0.144 e. The average molecular weight is 213 g/mol. The molecule has 0 aromatic carbocycles. The molecule has 1 fully saturated rings. The van der Waals surface area contributed by atoms with Gasteiger partial charge in [0.1, 0.15) is 11.9 Å². The highest BCUT2D eigenvalue weighted by atomic mass is 15.0. The van der Waals surface area contributed by atoms with Gasteiger partial charge in [0.25, 0.3) is 0 Å². The van der Waals surface area contributed by atoms with Crippen LogP contribution in [-0.2, 0) is 12.8 Å². The van der Waals surface area contributed by atoms with E-state index in [-0.39, 0.29) is 0 Å². The predicted molar refractivity (Wildman–Crippen MR) is 62.2 cm³/mol. The molecule has 1 saturated carbocycles. The molecule has 0 aliphatic heterocycles. The van der Waals surface area contributed by atoms with Crippen LogP contribution in [0.4, 0.5) is 5.82 Å². The molecule has 3 nitrogen and oxygen atoms in total. The molecule has 3 heteroatoms. The van der Waals surface area contributed by atoms with Crippen molar-refractivity contribution in [1.29, 1.82) is 5.26 Å². The van der Waals surface area contributed by atoms with Crippen molar-refractivity contribution in [1.82, 2.24) is 4.98 Å². The number of rotatable bonds is 2. The van der Waals surface area contributed by atoms with Gasteiger partial charge in [0.05, 0.1) is 5.56 Å². The van der Waals surface area contributed by atoms with Crippen LogP contribution < -0.4 is 5.32 Å². The Bertz CT molecular complexity index is 455. The number of pyridine rings is 1. The standard InChI is InChI=1S/C13H15N3/c14-8-10-7-9-3-1-6-12(9)16-13(10)15-11-4-2-5-11/h7,11H,1-6H2,(H,15,16). The number of aromatic nitrogens is 1. The Morgan fingerprint density at radius 3 is 2.88 bits per heavy atom. The second kappa shape index (κ2) is 3.79. The molecule has 1 aromatic heterocycles. The van der Waals surface area contributed by atoms with Crippen molar-refractivity contribution in [3.05, 3.63) is 22.9 Å². The van der Waals surface area contributed by atoms with E-state index < -0.39 is 0 Å². The fourth-order valence-corrected chi connectivity index (χ4v) is 2.41. The molecular formula is C13H15N3. The lowest BCUT2D eigenvalue weighted by atomic mass is 9.93. The van der Waals surface area contributed by atoms with Gasteiger partial charge < -0.3 is 5.32 Å². The Hall–Kier alpha value is -1.56. The lowest BCUT2D eigenvalue weighted by Gasteiger charge is -2.27. The Labute approximate surface area is 95.5 Å². The van der Waals surface area contributed by atoms with E-state index in [1.54, 1.807) is 0 Å². The normalized spacial score (nSPS) is 18.7. The van der Waals surface area contributed by atoms with Crippen LogP contribution in [0.25, 0.3) is 0 Å². The summed E-state index contributed by atoms with van der Waals surface area (Å²) in [7, 11) is 0. The maximum Gasteiger partial charge on any atom is 0.144 e. The molecule has 1 N–H and O–H groups in total. The third-order valence-corrected chi connectivity index (χ3v) is 3.62. The quantitative estimate of drug-likeness (QED) is 0.820. The Kier molecular flexibility index (Phi) is 2.28. The zero-order valence-electron chi connectivity index (χ0n) is 9.29. The molecule has 0 saturated heterocycles. The van der Waals surface area contributed by atoms with Crippen LogP contribution in [0.15, 0.2) is 6.07 Å². The van der Waals surface area contributed by atoms with Crippen LogP contribution in [0.5, 0.6) is 0 Å². The van der Waals surface area contributed by atoms with Gasteiger partial charge in [0.15, 0.2) is 0 Å². The van der Waals surface area contributed by atoms with E-state index in [1.807, 2.05) is 6.07 Å². The van der Waals surface area contributed by atoms with Crippen molar-refractivity contribution in [3.8, 4) is 6.07 Å². The van der Waals surface area contributed by atoms with Crippen LogP contribution in [-0.4, -0.2) is 11.0 Å². The van der Waals surface area contributed by atoms with Gasteiger partial charge in [-0.3, -0.25) is 0 Å². The van der Waals surface area contributed by atoms with E-state index in [2.05, 4.69) is 16.4 Å². The van der Waals surface area contributed by atoms with Gasteiger partial charge in [0, 0.05) is 11.7 Å². The number of nitrogens with zero attached hydrogens (tertiary/aromatic N) is 2. The van der Waals surface area contributed by atoms with Gasteiger partial charge in [0.2, 0.25) is 0 Å². The number of nitrogens with one attached hydrogen (secondary N) is 1. The molecule has 2 aliphatic rings. The SMILES string of the molecule is N#Cc1cc2c(nc1NC1CCC1)CCC2. The Morgan fingerprint density at radius 2 is 2.19 bits per heavy atom. The number of nitriles is 1. The van der Waals surface area contributed by atoms with Crippen molar-refractivity contribution in [2.75, 3.05) is 5.32 Å².